The number of halogens is 1. The van der Waals surface area contributed by atoms with Crippen molar-refractivity contribution in [2.75, 3.05) is 20.3 Å². The summed E-state index contributed by atoms with van der Waals surface area (Å²) in [6.07, 6.45) is 1.79. The van der Waals surface area contributed by atoms with E-state index in [0.717, 1.165) is 11.0 Å². The molecule has 0 unspecified atom stereocenters. The van der Waals surface area contributed by atoms with Crippen LogP contribution in [-0.2, 0) is 0 Å². The Bertz CT molecular complexity index is 1560. The van der Waals surface area contributed by atoms with Crippen molar-refractivity contribution >= 4 is 45.0 Å². The molecule has 5 rings (SSSR count). The standard InChI is InChI=1S/C25H19ClN2O4S/c1-30-21-8-4-5-9-22(21)32-13-12-31-20-11-10-17(26)14-16(20)15-23-24(29)28-19-7-3-2-6-18(19)27-25(28)33-23/h2-11,14-15H,12-13H2,1H3. The van der Waals surface area contributed by atoms with E-state index in [-0.39, 0.29) is 5.56 Å². The minimum atomic E-state index is -0.117. The fraction of sp³-hybridized carbons (Fsp3) is 0.120. The van der Waals surface area contributed by atoms with Crippen LogP contribution in [0, 0.1) is 0 Å². The maximum absolute atomic E-state index is 13.1. The lowest BCUT2D eigenvalue weighted by molar-refractivity contribution is 0.211. The van der Waals surface area contributed by atoms with Gasteiger partial charge in [-0.2, -0.15) is 0 Å². The van der Waals surface area contributed by atoms with E-state index in [1.165, 1.54) is 11.3 Å². The number of fused-ring (bicyclic) bond motifs is 3. The van der Waals surface area contributed by atoms with Crippen LogP contribution in [0.2, 0.25) is 5.02 Å². The molecule has 3 aromatic carbocycles. The van der Waals surface area contributed by atoms with Gasteiger partial charge >= 0.3 is 0 Å². The van der Waals surface area contributed by atoms with Gasteiger partial charge in [-0.1, -0.05) is 47.2 Å². The van der Waals surface area contributed by atoms with Crippen molar-refractivity contribution in [3.05, 3.63) is 92.2 Å². The third-order valence-corrected chi connectivity index (χ3v) is 6.28. The molecule has 2 aromatic heterocycles. The Morgan fingerprint density at radius 1 is 0.970 bits per heavy atom. The van der Waals surface area contributed by atoms with Crippen LogP contribution in [-0.4, -0.2) is 29.7 Å². The van der Waals surface area contributed by atoms with Crippen molar-refractivity contribution in [1.29, 1.82) is 0 Å². The lowest BCUT2D eigenvalue weighted by Gasteiger charge is -2.12. The summed E-state index contributed by atoms with van der Waals surface area (Å²) < 4.78 is 19.2. The van der Waals surface area contributed by atoms with E-state index in [1.807, 2.05) is 48.5 Å². The van der Waals surface area contributed by atoms with Crippen LogP contribution < -0.4 is 24.3 Å². The van der Waals surface area contributed by atoms with Crippen molar-refractivity contribution in [2.45, 2.75) is 0 Å². The van der Waals surface area contributed by atoms with Crippen LogP contribution in [0.4, 0.5) is 0 Å². The fourth-order valence-electron chi connectivity index (χ4n) is 3.56. The van der Waals surface area contributed by atoms with Gasteiger partial charge in [0.05, 0.1) is 22.7 Å². The molecule has 166 valence electrons. The second kappa shape index (κ2) is 9.13. The van der Waals surface area contributed by atoms with Crippen LogP contribution >= 0.6 is 22.9 Å². The summed E-state index contributed by atoms with van der Waals surface area (Å²) in [6.45, 7) is 0.636. The zero-order chi connectivity index (χ0) is 22.8. The molecule has 0 radical (unpaired) electrons. The third-order valence-electron chi connectivity index (χ3n) is 5.07. The van der Waals surface area contributed by atoms with Crippen LogP contribution in [0.15, 0.2) is 71.5 Å². The van der Waals surface area contributed by atoms with Gasteiger partial charge < -0.3 is 14.2 Å². The molecular formula is C25H19ClN2O4S. The van der Waals surface area contributed by atoms with Crippen LogP contribution in [0.25, 0.3) is 22.1 Å². The number of imidazole rings is 1. The molecule has 0 saturated heterocycles. The van der Waals surface area contributed by atoms with Crippen LogP contribution in [0.5, 0.6) is 17.2 Å². The van der Waals surface area contributed by atoms with Gasteiger partial charge in [0.15, 0.2) is 16.5 Å². The Kier molecular flexibility index (Phi) is 5.90. The first-order valence-electron chi connectivity index (χ1n) is 10.2. The van der Waals surface area contributed by atoms with E-state index in [4.69, 9.17) is 25.8 Å². The van der Waals surface area contributed by atoms with Crippen molar-refractivity contribution in [2.24, 2.45) is 0 Å². The van der Waals surface area contributed by atoms with E-state index in [0.29, 0.717) is 50.5 Å². The quantitative estimate of drug-likeness (QED) is 0.320. The second-order valence-electron chi connectivity index (χ2n) is 7.16. The zero-order valence-electron chi connectivity index (χ0n) is 17.7. The number of rotatable bonds is 7. The first kappa shape index (κ1) is 21.3. The number of thiazole rings is 1. The number of methoxy groups -OCH3 is 1. The molecule has 8 heteroatoms. The Labute approximate surface area is 198 Å². The summed E-state index contributed by atoms with van der Waals surface area (Å²) in [4.78, 5) is 18.3. The highest BCUT2D eigenvalue weighted by Gasteiger charge is 2.12. The number of nitrogens with zero attached hydrogens (tertiary/aromatic N) is 2. The van der Waals surface area contributed by atoms with Gasteiger partial charge in [-0.15, -0.1) is 0 Å². The van der Waals surface area contributed by atoms with Gasteiger partial charge in [0.2, 0.25) is 0 Å². The summed E-state index contributed by atoms with van der Waals surface area (Å²) in [6, 6.07) is 20.3. The van der Waals surface area contributed by atoms with Gasteiger partial charge in [-0.3, -0.25) is 4.79 Å². The molecule has 6 nitrogen and oxygen atoms in total. The first-order valence-corrected chi connectivity index (χ1v) is 11.4. The van der Waals surface area contributed by atoms with Gasteiger partial charge in [0, 0.05) is 10.6 Å². The molecule has 0 aliphatic carbocycles. The Balaban J connectivity index is 1.40. The molecule has 0 bridgehead atoms. The Morgan fingerprint density at radius 3 is 2.52 bits per heavy atom. The summed E-state index contributed by atoms with van der Waals surface area (Å²) in [5.41, 5.74) is 2.19. The van der Waals surface area contributed by atoms with Gasteiger partial charge in [-0.25, -0.2) is 9.38 Å². The molecule has 2 heterocycles. The van der Waals surface area contributed by atoms with Gasteiger partial charge in [0.25, 0.3) is 5.56 Å². The Morgan fingerprint density at radius 2 is 1.70 bits per heavy atom. The van der Waals surface area contributed by atoms with Crippen LogP contribution in [0.3, 0.4) is 0 Å². The number of hydrogen-bond acceptors (Lipinski definition) is 6. The fourth-order valence-corrected chi connectivity index (χ4v) is 4.72. The van der Waals surface area contributed by atoms with Crippen molar-refractivity contribution in [3.63, 3.8) is 0 Å². The molecule has 0 saturated carbocycles. The van der Waals surface area contributed by atoms with Crippen LogP contribution in [0.1, 0.15) is 5.56 Å². The highest BCUT2D eigenvalue weighted by Crippen LogP contribution is 2.26. The number of hydrogen-bond donors (Lipinski definition) is 0. The SMILES string of the molecule is COc1ccccc1OCCOc1ccc(Cl)cc1C=c1sc2nc3ccccc3n2c1=O. The molecule has 0 aliphatic rings. The number of aromatic nitrogens is 2. The predicted molar refractivity (Wildman–Crippen MR) is 131 cm³/mol. The molecule has 0 spiro atoms. The topological polar surface area (TPSA) is 62.1 Å². The summed E-state index contributed by atoms with van der Waals surface area (Å²) in [5, 5.41) is 0.554. The molecular weight excluding hydrogens is 460 g/mol. The third kappa shape index (κ3) is 4.25. The maximum atomic E-state index is 13.1. The largest absolute Gasteiger partial charge is 0.493 e. The minimum Gasteiger partial charge on any atom is -0.493 e. The molecule has 5 aromatic rings. The zero-order valence-corrected chi connectivity index (χ0v) is 19.2. The minimum absolute atomic E-state index is 0.117. The van der Waals surface area contributed by atoms with Gasteiger partial charge in [-0.05, 0) is 48.5 Å². The lowest BCUT2D eigenvalue weighted by Crippen LogP contribution is -2.22. The van der Waals surface area contributed by atoms with Crippen molar-refractivity contribution in [3.8, 4) is 17.2 Å². The molecule has 33 heavy (non-hydrogen) atoms. The summed E-state index contributed by atoms with van der Waals surface area (Å²) in [7, 11) is 1.60. The van der Waals surface area contributed by atoms with E-state index in [9.17, 15) is 4.79 Å². The highest BCUT2D eigenvalue weighted by atomic mass is 35.5. The van der Waals surface area contributed by atoms with E-state index in [2.05, 4.69) is 4.98 Å². The summed E-state index contributed by atoms with van der Waals surface area (Å²) in [5.74, 6) is 1.92. The first-order chi connectivity index (χ1) is 16.1. The van der Waals surface area contributed by atoms with Crippen molar-refractivity contribution in [1.82, 2.24) is 9.38 Å². The average Bonchev–Trinajstić information content (AvgIpc) is 3.34. The number of benzene rings is 3. The lowest BCUT2D eigenvalue weighted by atomic mass is 10.2. The normalized spacial score (nSPS) is 11.9. The van der Waals surface area contributed by atoms with E-state index in [1.54, 1.807) is 35.8 Å². The molecule has 0 N–H and O–H groups in total. The average molecular weight is 479 g/mol. The maximum Gasteiger partial charge on any atom is 0.274 e. The number of para-hydroxylation sites is 4. The predicted octanol–water partition coefficient (Wildman–Crippen LogP) is 4.58. The Hall–Kier alpha value is -3.55. The summed E-state index contributed by atoms with van der Waals surface area (Å²) >= 11 is 7.56. The van der Waals surface area contributed by atoms with Crippen molar-refractivity contribution < 1.29 is 14.2 Å². The monoisotopic (exact) mass is 478 g/mol. The van der Waals surface area contributed by atoms with E-state index >= 15 is 0 Å². The molecule has 0 fully saturated rings. The number of ether oxygens (including phenoxy) is 3. The highest BCUT2D eigenvalue weighted by molar-refractivity contribution is 7.15. The second-order valence-corrected chi connectivity index (χ2v) is 8.61. The molecule has 0 atom stereocenters. The smallest absolute Gasteiger partial charge is 0.274 e. The van der Waals surface area contributed by atoms with E-state index < -0.39 is 0 Å². The molecule has 0 amide bonds. The van der Waals surface area contributed by atoms with Gasteiger partial charge in [0.1, 0.15) is 19.0 Å². The molecule has 0 aliphatic heterocycles.